The van der Waals surface area contributed by atoms with Gasteiger partial charge in [0.15, 0.2) is 0 Å². The second-order valence-electron chi connectivity index (χ2n) is 3.35. The van der Waals surface area contributed by atoms with E-state index in [1.54, 1.807) is 29.4 Å². The van der Waals surface area contributed by atoms with Gasteiger partial charge in [-0.05, 0) is 22.0 Å². The molecule has 88 valence electrons. The highest BCUT2D eigenvalue weighted by Gasteiger charge is 2.10. The maximum absolute atomic E-state index is 11.2. The van der Waals surface area contributed by atoms with Crippen LogP contribution in [0.5, 0.6) is 0 Å². The lowest BCUT2D eigenvalue weighted by atomic mass is 10.3. The molecule has 0 amide bonds. The minimum atomic E-state index is -0.313. The number of hydrogen-bond acceptors (Lipinski definition) is 4. The fourth-order valence-corrected chi connectivity index (χ4v) is 1.80. The van der Waals surface area contributed by atoms with Crippen molar-refractivity contribution >= 4 is 21.9 Å². The number of carbonyl (C=O) groups is 1. The highest BCUT2D eigenvalue weighted by molar-refractivity contribution is 9.10. The number of pyridine rings is 1. The zero-order valence-electron chi connectivity index (χ0n) is 9.13. The Hall–Kier alpha value is -1.69. The van der Waals surface area contributed by atoms with Gasteiger partial charge in [-0.3, -0.25) is 9.78 Å². The highest BCUT2D eigenvalue weighted by atomic mass is 79.9. The molecule has 0 bridgehead atoms. The molecule has 0 fully saturated rings. The van der Waals surface area contributed by atoms with Crippen LogP contribution in [0.3, 0.4) is 0 Å². The molecule has 2 rings (SSSR count). The van der Waals surface area contributed by atoms with E-state index in [-0.39, 0.29) is 12.5 Å². The van der Waals surface area contributed by atoms with Gasteiger partial charge in [0.2, 0.25) is 0 Å². The van der Waals surface area contributed by atoms with Gasteiger partial charge in [-0.2, -0.15) is 0 Å². The van der Waals surface area contributed by atoms with E-state index in [2.05, 4.69) is 30.6 Å². The zero-order valence-corrected chi connectivity index (χ0v) is 10.7. The van der Waals surface area contributed by atoms with Gasteiger partial charge in [0.05, 0.1) is 7.11 Å². The van der Waals surface area contributed by atoms with Crippen molar-refractivity contribution in [3.63, 3.8) is 0 Å². The van der Waals surface area contributed by atoms with Crippen LogP contribution in [0.15, 0.2) is 35.3 Å². The Morgan fingerprint density at radius 2 is 2.35 bits per heavy atom. The van der Waals surface area contributed by atoms with Crippen molar-refractivity contribution in [2.75, 3.05) is 7.11 Å². The summed E-state index contributed by atoms with van der Waals surface area (Å²) in [7, 11) is 1.36. The van der Waals surface area contributed by atoms with E-state index >= 15 is 0 Å². The normalized spacial score (nSPS) is 10.2. The lowest BCUT2D eigenvalue weighted by Crippen LogP contribution is -2.11. The van der Waals surface area contributed by atoms with E-state index in [0.29, 0.717) is 5.82 Å². The fourth-order valence-electron chi connectivity index (χ4n) is 1.43. The first-order chi connectivity index (χ1) is 8.20. The van der Waals surface area contributed by atoms with Gasteiger partial charge < -0.3 is 9.30 Å². The van der Waals surface area contributed by atoms with Crippen LogP contribution in [-0.4, -0.2) is 27.6 Å². The number of aromatic nitrogens is 3. The van der Waals surface area contributed by atoms with Gasteiger partial charge in [0, 0.05) is 34.8 Å². The van der Waals surface area contributed by atoms with Crippen molar-refractivity contribution < 1.29 is 9.53 Å². The van der Waals surface area contributed by atoms with Crippen molar-refractivity contribution in [3.8, 4) is 11.4 Å². The molecule has 0 N–H and O–H groups in total. The Bertz CT molecular complexity index is 539. The van der Waals surface area contributed by atoms with Gasteiger partial charge in [-0.25, -0.2) is 4.98 Å². The molecule has 17 heavy (non-hydrogen) atoms. The predicted molar refractivity (Wildman–Crippen MR) is 65.2 cm³/mol. The van der Waals surface area contributed by atoms with E-state index in [1.807, 2.05) is 6.07 Å². The molecule has 0 saturated carbocycles. The summed E-state index contributed by atoms with van der Waals surface area (Å²) in [5, 5.41) is 0. The third-order valence-corrected chi connectivity index (χ3v) is 2.64. The second-order valence-corrected chi connectivity index (χ2v) is 4.26. The van der Waals surface area contributed by atoms with Crippen molar-refractivity contribution in [2.45, 2.75) is 6.54 Å². The lowest BCUT2D eigenvalue weighted by molar-refractivity contribution is -0.141. The predicted octanol–water partition coefficient (Wildman–Crippen LogP) is 1.88. The largest absolute Gasteiger partial charge is 0.468 e. The number of imidazole rings is 1. The molecule has 0 unspecified atom stereocenters. The monoisotopic (exact) mass is 295 g/mol. The van der Waals surface area contributed by atoms with Gasteiger partial charge in [0.1, 0.15) is 12.4 Å². The number of carbonyl (C=O) groups excluding carboxylic acids is 1. The van der Waals surface area contributed by atoms with Crippen molar-refractivity contribution in [1.29, 1.82) is 0 Å². The van der Waals surface area contributed by atoms with Crippen molar-refractivity contribution in [2.24, 2.45) is 0 Å². The van der Waals surface area contributed by atoms with Crippen LogP contribution in [0.1, 0.15) is 0 Å². The fraction of sp³-hybridized carbons (Fsp3) is 0.182. The summed E-state index contributed by atoms with van der Waals surface area (Å²) < 4.78 is 7.21. The molecule has 2 heterocycles. The summed E-state index contributed by atoms with van der Waals surface area (Å²) in [4.78, 5) is 19.5. The maximum atomic E-state index is 11.2. The molecule has 0 aliphatic carbocycles. The van der Waals surface area contributed by atoms with Crippen molar-refractivity contribution in [3.05, 3.63) is 35.3 Å². The molecule has 6 heteroatoms. The standard InChI is InChI=1S/C11H10BrN3O2/c1-17-10(16)7-15-3-2-14-11(15)8-4-9(12)6-13-5-8/h2-6H,7H2,1H3. The molecule has 0 atom stereocenters. The number of rotatable bonds is 3. The molecule has 0 spiro atoms. The molecular weight excluding hydrogens is 286 g/mol. The zero-order chi connectivity index (χ0) is 12.3. The summed E-state index contributed by atoms with van der Waals surface area (Å²) in [6.07, 6.45) is 6.75. The molecule has 0 aromatic carbocycles. The molecule has 0 saturated heterocycles. The van der Waals surface area contributed by atoms with Crippen molar-refractivity contribution in [1.82, 2.24) is 14.5 Å². The van der Waals surface area contributed by atoms with E-state index < -0.39 is 0 Å². The number of hydrogen-bond donors (Lipinski definition) is 0. The third kappa shape index (κ3) is 2.71. The first-order valence-corrected chi connectivity index (χ1v) is 5.69. The van der Waals surface area contributed by atoms with Crippen LogP contribution in [0.4, 0.5) is 0 Å². The van der Waals surface area contributed by atoms with Crippen LogP contribution >= 0.6 is 15.9 Å². The Balaban J connectivity index is 2.33. The van der Waals surface area contributed by atoms with Crippen LogP contribution in [-0.2, 0) is 16.1 Å². The number of halogens is 1. The van der Waals surface area contributed by atoms with E-state index in [1.165, 1.54) is 7.11 Å². The number of ether oxygens (including phenoxy) is 1. The molecule has 2 aromatic rings. The summed E-state index contributed by atoms with van der Waals surface area (Å²) in [5.74, 6) is 0.372. The quantitative estimate of drug-likeness (QED) is 0.812. The summed E-state index contributed by atoms with van der Waals surface area (Å²) >= 11 is 3.35. The van der Waals surface area contributed by atoms with E-state index in [4.69, 9.17) is 0 Å². The third-order valence-electron chi connectivity index (χ3n) is 2.21. The van der Waals surface area contributed by atoms with E-state index in [9.17, 15) is 4.79 Å². The number of esters is 1. The molecule has 0 aliphatic heterocycles. The second kappa shape index (κ2) is 5.09. The first kappa shape index (κ1) is 11.8. The van der Waals surface area contributed by atoms with Crippen LogP contribution < -0.4 is 0 Å². The Morgan fingerprint density at radius 3 is 3.06 bits per heavy atom. The van der Waals surface area contributed by atoms with Crippen LogP contribution in [0.2, 0.25) is 0 Å². The SMILES string of the molecule is COC(=O)Cn1ccnc1-c1cncc(Br)c1. The lowest BCUT2D eigenvalue weighted by Gasteiger charge is -2.06. The number of nitrogens with zero attached hydrogens (tertiary/aromatic N) is 3. The summed E-state index contributed by atoms with van der Waals surface area (Å²) in [6, 6.07) is 1.89. The topological polar surface area (TPSA) is 57.0 Å². The number of methoxy groups -OCH3 is 1. The molecular formula is C11H10BrN3O2. The highest BCUT2D eigenvalue weighted by Crippen LogP contribution is 2.20. The van der Waals surface area contributed by atoms with Gasteiger partial charge >= 0.3 is 5.97 Å². The minimum Gasteiger partial charge on any atom is -0.468 e. The van der Waals surface area contributed by atoms with Crippen LogP contribution in [0.25, 0.3) is 11.4 Å². The van der Waals surface area contributed by atoms with E-state index in [0.717, 1.165) is 10.0 Å². The average Bonchev–Trinajstić information content (AvgIpc) is 2.77. The molecule has 0 radical (unpaired) electrons. The smallest absolute Gasteiger partial charge is 0.325 e. The van der Waals surface area contributed by atoms with Crippen LogP contribution in [0, 0.1) is 0 Å². The van der Waals surface area contributed by atoms with Gasteiger partial charge in [-0.1, -0.05) is 0 Å². The molecule has 5 nitrogen and oxygen atoms in total. The Morgan fingerprint density at radius 1 is 1.53 bits per heavy atom. The average molecular weight is 296 g/mol. The molecule has 0 aliphatic rings. The minimum absolute atomic E-state index is 0.137. The maximum Gasteiger partial charge on any atom is 0.325 e. The van der Waals surface area contributed by atoms with Gasteiger partial charge in [-0.15, -0.1) is 0 Å². The Kier molecular flexibility index (Phi) is 3.53. The first-order valence-electron chi connectivity index (χ1n) is 4.89. The van der Waals surface area contributed by atoms with Gasteiger partial charge in [0.25, 0.3) is 0 Å². The summed E-state index contributed by atoms with van der Waals surface area (Å²) in [6.45, 7) is 0.137. The Labute approximate surface area is 107 Å². The summed E-state index contributed by atoms with van der Waals surface area (Å²) in [5.41, 5.74) is 0.841. The molecule has 2 aromatic heterocycles.